The molecule has 1 aromatic carbocycles. The van der Waals surface area contributed by atoms with Crippen molar-refractivity contribution < 1.29 is 4.92 Å². The molecule has 2 aromatic rings. The van der Waals surface area contributed by atoms with Gasteiger partial charge < -0.3 is 0 Å². The predicted molar refractivity (Wildman–Crippen MR) is 61.3 cm³/mol. The molecule has 0 fully saturated rings. The maximum absolute atomic E-state index is 10.8. The van der Waals surface area contributed by atoms with Crippen LogP contribution in [-0.2, 0) is 6.54 Å². The van der Waals surface area contributed by atoms with E-state index in [9.17, 15) is 10.1 Å². The highest BCUT2D eigenvalue weighted by Gasteiger charge is 2.13. The average Bonchev–Trinajstić information content (AvgIpc) is 2.60. The summed E-state index contributed by atoms with van der Waals surface area (Å²) in [6.07, 6.45) is 3.41. The Balaban J connectivity index is 2.68. The maximum Gasteiger partial charge on any atom is 0.274 e. The first-order valence-electron chi connectivity index (χ1n) is 4.85. The van der Waals surface area contributed by atoms with Crippen molar-refractivity contribution in [1.82, 2.24) is 9.78 Å². The van der Waals surface area contributed by atoms with Gasteiger partial charge in [0.15, 0.2) is 0 Å². The van der Waals surface area contributed by atoms with Gasteiger partial charge in [-0.1, -0.05) is 6.08 Å². The lowest BCUT2D eigenvalue weighted by atomic mass is 10.1. The fourth-order valence-corrected chi connectivity index (χ4v) is 1.69. The van der Waals surface area contributed by atoms with Crippen LogP contribution in [-0.4, -0.2) is 14.7 Å². The minimum atomic E-state index is -0.375. The minimum absolute atomic E-state index is 0.123. The van der Waals surface area contributed by atoms with Crippen LogP contribution in [0.25, 0.3) is 10.9 Å². The van der Waals surface area contributed by atoms with Crippen LogP contribution < -0.4 is 0 Å². The Kier molecular flexibility index (Phi) is 2.44. The van der Waals surface area contributed by atoms with E-state index in [1.54, 1.807) is 36.0 Å². The maximum atomic E-state index is 10.8. The molecule has 0 saturated carbocycles. The number of nitro benzene ring substituents is 1. The highest BCUT2D eigenvalue weighted by atomic mass is 16.6. The van der Waals surface area contributed by atoms with Gasteiger partial charge in [-0.25, -0.2) is 0 Å². The smallest absolute Gasteiger partial charge is 0.261 e. The van der Waals surface area contributed by atoms with Gasteiger partial charge in [0.1, 0.15) is 0 Å². The molecule has 2 rings (SSSR count). The number of aromatic nitrogens is 2. The van der Waals surface area contributed by atoms with Crippen LogP contribution in [0.15, 0.2) is 31.0 Å². The van der Waals surface area contributed by atoms with E-state index in [-0.39, 0.29) is 10.6 Å². The topological polar surface area (TPSA) is 61.0 Å². The zero-order chi connectivity index (χ0) is 11.7. The second-order valence-corrected chi connectivity index (χ2v) is 3.57. The van der Waals surface area contributed by atoms with Gasteiger partial charge in [-0.2, -0.15) is 5.10 Å². The Morgan fingerprint density at radius 1 is 1.62 bits per heavy atom. The molecule has 0 N–H and O–H groups in total. The molecule has 0 amide bonds. The highest BCUT2D eigenvalue weighted by Crippen LogP contribution is 2.25. The third-order valence-corrected chi connectivity index (χ3v) is 2.46. The summed E-state index contributed by atoms with van der Waals surface area (Å²) in [6.45, 7) is 5.89. The largest absolute Gasteiger partial charge is 0.274 e. The van der Waals surface area contributed by atoms with Crippen molar-refractivity contribution in [2.45, 2.75) is 13.5 Å². The van der Waals surface area contributed by atoms with Crippen LogP contribution in [0.1, 0.15) is 5.56 Å². The molecule has 0 unspecified atom stereocenters. The Morgan fingerprint density at radius 3 is 3.00 bits per heavy atom. The lowest BCUT2D eigenvalue weighted by molar-refractivity contribution is -0.385. The Morgan fingerprint density at radius 2 is 2.38 bits per heavy atom. The van der Waals surface area contributed by atoms with Gasteiger partial charge in [0, 0.05) is 17.0 Å². The molecule has 0 aliphatic heterocycles. The third kappa shape index (κ3) is 1.56. The zero-order valence-corrected chi connectivity index (χ0v) is 8.88. The summed E-state index contributed by atoms with van der Waals surface area (Å²) >= 11 is 0. The summed E-state index contributed by atoms with van der Waals surface area (Å²) < 4.78 is 1.69. The zero-order valence-electron chi connectivity index (χ0n) is 8.88. The standard InChI is InChI=1S/C11H11N3O2/c1-3-4-13-11-6-10(14(15)16)8(2)5-9(11)7-12-13/h3,5-7H,1,4H2,2H3. The number of benzene rings is 1. The summed E-state index contributed by atoms with van der Waals surface area (Å²) in [4.78, 5) is 10.4. The molecular formula is C11H11N3O2. The van der Waals surface area contributed by atoms with E-state index in [1.165, 1.54) is 0 Å². The van der Waals surface area contributed by atoms with E-state index >= 15 is 0 Å². The van der Waals surface area contributed by atoms with Gasteiger partial charge in [0.05, 0.1) is 23.2 Å². The average molecular weight is 217 g/mol. The van der Waals surface area contributed by atoms with E-state index < -0.39 is 0 Å². The number of nitro groups is 1. The number of nitrogens with zero attached hydrogens (tertiary/aromatic N) is 3. The molecule has 82 valence electrons. The molecule has 0 saturated heterocycles. The van der Waals surface area contributed by atoms with Crippen molar-refractivity contribution in [2.75, 3.05) is 0 Å². The molecular weight excluding hydrogens is 206 g/mol. The number of hydrogen-bond acceptors (Lipinski definition) is 3. The first kappa shape index (κ1) is 10.4. The molecule has 0 atom stereocenters. The molecule has 1 heterocycles. The van der Waals surface area contributed by atoms with E-state index in [2.05, 4.69) is 11.7 Å². The van der Waals surface area contributed by atoms with Crippen LogP contribution >= 0.6 is 0 Å². The monoisotopic (exact) mass is 217 g/mol. The molecule has 16 heavy (non-hydrogen) atoms. The van der Waals surface area contributed by atoms with Crippen molar-refractivity contribution >= 4 is 16.6 Å². The Bertz CT molecular complexity index is 572. The number of aryl methyl sites for hydroxylation is 1. The van der Waals surface area contributed by atoms with Gasteiger partial charge in [-0.15, -0.1) is 6.58 Å². The number of rotatable bonds is 3. The summed E-state index contributed by atoms with van der Waals surface area (Å²) in [7, 11) is 0. The quantitative estimate of drug-likeness (QED) is 0.450. The Labute approximate surface area is 92.1 Å². The molecule has 5 heteroatoms. The number of hydrogen-bond donors (Lipinski definition) is 0. The van der Waals surface area contributed by atoms with Gasteiger partial charge in [-0.05, 0) is 13.0 Å². The van der Waals surface area contributed by atoms with E-state index in [0.29, 0.717) is 12.1 Å². The second-order valence-electron chi connectivity index (χ2n) is 3.57. The summed E-state index contributed by atoms with van der Waals surface area (Å²) in [6, 6.07) is 3.33. The predicted octanol–water partition coefficient (Wildman–Crippen LogP) is 2.44. The van der Waals surface area contributed by atoms with E-state index in [1.807, 2.05) is 0 Å². The molecule has 0 aliphatic carbocycles. The first-order valence-corrected chi connectivity index (χ1v) is 4.85. The van der Waals surface area contributed by atoms with Crippen LogP contribution in [0, 0.1) is 17.0 Å². The van der Waals surface area contributed by atoms with Gasteiger partial charge in [-0.3, -0.25) is 14.8 Å². The molecule has 1 aromatic heterocycles. The lowest BCUT2D eigenvalue weighted by Crippen LogP contribution is -1.98. The lowest BCUT2D eigenvalue weighted by Gasteiger charge is -2.00. The third-order valence-electron chi connectivity index (χ3n) is 2.46. The highest BCUT2D eigenvalue weighted by molar-refractivity contribution is 5.82. The van der Waals surface area contributed by atoms with Crippen molar-refractivity contribution in [3.8, 4) is 0 Å². The molecule has 0 bridgehead atoms. The van der Waals surface area contributed by atoms with Crippen molar-refractivity contribution in [3.05, 3.63) is 46.7 Å². The molecule has 0 aliphatic rings. The van der Waals surface area contributed by atoms with E-state index in [0.717, 1.165) is 10.9 Å². The van der Waals surface area contributed by atoms with Crippen LogP contribution in [0.4, 0.5) is 5.69 Å². The molecule has 5 nitrogen and oxygen atoms in total. The number of allylic oxidation sites excluding steroid dienone is 1. The first-order chi connectivity index (χ1) is 7.63. The normalized spacial score (nSPS) is 10.6. The molecule has 0 spiro atoms. The minimum Gasteiger partial charge on any atom is -0.261 e. The fourth-order valence-electron chi connectivity index (χ4n) is 1.69. The van der Waals surface area contributed by atoms with Gasteiger partial charge >= 0.3 is 0 Å². The van der Waals surface area contributed by atoms with Crippen molar-refractivity contribution in [3.63, 3.8) is 0 Å². The van der Waals surface area contributed by atoms with Crippen LogP contribution in [0.5, 0.6) is 0 Å². The van der Waals surface area contributed by atoms with Gasteiger partial charge in [0.25, 0.3) is 5.69 Å². The SMILES string of the molecule is C=CCn1ncc2cc(C)c([N+](=O)[O-])cc21. The van der Waals surface area contributed by atoms with Crippen molar-refractivity contribution in [1.29, 1.82) is 0 Å². The van der Waals surface area contributed by atoms with Crippen LogP contribution in [0.3, 0.4) is 0 Å². The van der Waals surface area contributed by atoms with Crippen molar-refractivity contribution in [2.24, 2.45) is 0 Å². The fraction of sp³-hybridized carbons (Fsp3) is 0.182. The Hall–Kier alpha value is -2.17. The van der Waals surface area contributed by atoms with E-state index in [4.69, 9.17) is 0 Å². The van der Waals surface area contributed by atoms with Crippen LogP contribution in [0.2, 0.25) is 0 Å². The number of fused-ring (bicyclic) bond motifs is 1. The summed E-state index contributed by atoms with van der Waals surface area (Å²) in [5.74, 6) is 0. The molecule has 0 radical (unpaired) electrons. The second kappa shape index (κ2) is 3.77. The summed E-state index contributed by atoms with van der Waals surface area (Å²) in [5.41, 5.74) is 1.53. The van der Waals surface area contributed by atoms with Gasteiger partial charge in [0.2, 0.25) is 0 Å². The summed E-state index contributed by atoms with van der Waals surface area (Å²) in [5, 5.41) is 15.9.